The van der Waals surface area contributed by atoms with E-state index in [2.05, 4.69) is 16.2 Å². The zero-order valence-corrected chi connectivity index (χ0v) is 15.0. The van der Waals surface area contributed by atoms with Gasteiger partial charge < -0.3 is 10.2 Å². The van der Waals surface area contributed by atoms with Crippen molar-refractivity contribution in [2.24, 2.45) is 17.8 Å². The molecule has 4 rings (SSSR count). The number of halogens is 2. The minimum atomic E-state index is -0.303. The summed E-state index contributed by atoms with van der Waals surface area (Å²) >= 11 is 0. The Morgan fingerprint density at radius 1 is 1.08 bits per heavy atom. The van der Waals surface area contributed by atoms with Crippen LogP contribution in [-0.4, -0.2) is 43.5 Å². The van der Waals surface area contributed by atoms with E-state index >= 15 is 0 Å². The lowest BCUT2D eigenvalue weighted by molar-refractivity contribution is -0.135. The van der Waals surface area contributed by atoms with Crippen molar-refractivity contribution in [3.8, 4) is 0 Å². The number of amides is 1. The van der Waals surface area contributed by atoms with Gasteiger partial charge in [0, 0.05) is 25.2 Å². The van der Waals surface area contributed by atoms with Gasteiger partial charge >= 0.3 is 0 Å². The fourth-order valence-corrected chi connectivity index (χ4v) is 4.42. The Kier molecular flexibility index (Phi) is 5.94. The first kappa shape index (κ1) is 18.6. The molecule has 0 spiro atoms. The van der Waals surface area contributed by atoms with E-state index in [-0.39, 0.29) is 36.1 Å². The predicted molar refractivity (Wildman–Crippen MR) is 96.7 cm³/mol. The third-order valence-corrected chi connectivity index (χ3v) is 5.87. The molecule has 1 aromatic carbocycles. The monoisotopic (exact) mass is 368 g/mol. The van der Waals surface area contributed by atoms with Gasteiger partial charge in [-0.1, -0.05) is 18.2 Å². The van der Waals surface area contributed by atoms with Crippen molar-refractivity contribution in [2.45, 2.75) is 18.9 Å². The number of carbonyl (C=O) groups is 1. The third kappa shape index (κ3) is 3.67. The standard InChI is InChI=1S/C18H25FN4O.ClH/c19-16-4-2-1-3-14(16)17-15(11-21-22-17)18(24)23-7-5-12-9-20-10-13(12)6-8-23;/h1-4,12-13,15,17,20-22H,5-11H2;1H/t12-,13+,15?,17?;. The molecule has 0 aliphatic carbocycles. The lowest BCUT2D eigenvalue weighted by Crippen LogP contribution is -2.40. The summed E-state index contributed by atoms with van der Waals surface area (Å²) in [6, 6.07) is 6.42. The Balaban J connectivity index is 0.00000182. The molecule has 2 unspecified atom stereocenters. The molecule has 5 nitrogen and oxygen atoms in total. The van der Waals surface area contributed by atoms with Crippen molar-refractivity contribution in [1.29, 1.82) is 0 Å². The maximum absolute atomic E-state index is 14.1. The van der Waals surface area contributed by atoms with E-state index in [1.165, 1.54) is 6.07 Å². The molecule has 138 valence electrons. The molecule has 3 fully saturated rings. The summed E-state index contributed by atoms with van der Waals surface area (Å²) in [5, 5.41) is 3.46. The van der Waals surface area contributed by atoms with Gasteiger partial charge in [0.25, 0.3) is 0 Å². The van der Waals surface area contributed by atoms with Gasteiger partial charge in [0.05, 0.1) is 12.0 Å². The summed E-state index contributed by atoms with van der Waals surface area (Å²) in [7, 11) is 0. The molecular weight excluding hydrogens is 343 g/mol. The molecule has 0 bridgehead atoms. The molecule has 7 heteroatoms. The number of nitrogens with one attached hydrogen (secondary N) is 3. The molecule has 4 atom stereocenters. The van der Waals surface area contributed by atoms with Crippen LogP contribution in [0.2, 0.25) is 0 Å². The van der Waals surface area contributed by atoms with Crippen molar-refractivity contribution in [3.63, 3.8) is 0 Å². The SMILES string of the molecule is Cl.O=C(C1CNNC1c1ccccc1F)N1CC[C@@H]2CNC[C@@H]2CC1. The van der Waals surface area contributed by atoms with Crippen molar-refractivity contribution in [1.82, 2.24) is 21.1 Å². The van der Waals surface area contributed by atoms with Crippen LogP contribution in [0.3, 0.4) is 0 Å². The quantitative estimate of drug-likeness (QED) is 0.740. The fourth-order valence-electron chi connectivity index (χ4n) is 4.42. The molecule has 0 radical (unpaired) electrons. The van der Waals surface area contributed by atoms with Gasteiger partial charge in [-0.2, -0.15) is 0 Å². The predicted octanol–water partition coefficient (Wildman–Crippen LogP) is 1.47. The van der Waals surface area contributed by atoms with Crippen LogP contribution in [0.15, 0.2) is 24.3 Å². The number of carbonyl (C=O) groups excluding carboxylic acids is 1. The van der Waals surface area contributed by atoms with E-state index in [4.69, 9.17) is 0 Å². The van der Waals surface area contributed by atoms with Crippen molar-refractivity contribution in [2.75, 3.05) is 32.7 Å². The van der Waals surface area contributed by atoms with Gasteiger partial charge in [-0.05, 0) is 43.8 Å². The smallest absolute Gasteiger partial charge is 0.229 e. The highest BCUT2D eigenvalue weighted by Crippen LogP contribution is 2.31. The van der Waals surface area contributed by atoms with E-state index < -0.39 is 0 Å². The van der Waals surface area contributed by atoms with Crippen LogP contribution >= 0.6 is 12.4 Å². The third-order valence-electron chi connectivity index (χ3n) is 5.87. The molecule has 0 aromatic heterocycles. The zero-order valence-electron chi connectivity index (χ0n) is 14.2. The fraction of sp³-hybridized carbons (Fsp3) is 0.611. The van der Waals surface area contributed by atoms with Crippen LogP contribution in [0, 0.1) is 23.6 Å². The largest absolute Gasteiger partial charge is 0.342 e. The minimum Gasteiger partial charge on any atom is -0.342 e. The molecule has 3 aliphatic heterocycles. The van der Waals surface area contributed by atoms with Crippen LogP contribution in [0.25, 0.3) is 0 Å². The summed E-state index contributed by atoms with van der Waals surface area (Å²) in [6.45, 7) is 4.35. The molecule has 1 amide bonds. The number of fused-ring (bicyclic) bond motifs is 1. The van der Waals surface area contributed by atoms with Crippen molar-refractivity contribution in [3.05, 3.63) is 35.6 Å². The van der Waals surface area contributed by atoms with E-state index in [1.807, 2.05) is 11.0 Å². The molecular formula is C18H26ClFN4O. The number of likely N-dealkylation sites (tertiary alicyclic amines) is 1. The first-order valence-corrected chi connectivity index (χ1v) is 8.96. The summed E-state index contributed by atoms with van der Waals surface area (Å²) in [5.74, 6) is 1.04. The summed E-state index contributed by atoms with van der Waals surface area (Å²) in [4.78, 5) is 15.1. The number of hydrogen-bond donors (Lipinski definition) is 3. The Labute approximate surface area is 154 Å². The second kappa shape index (κ2) is 7.99. The summed E-state index contributed by atoms with van der Waals surface area (Å²) in [6.07, 6.45) is 2.14. The van der Waals surface area contributed by atoms with Crippen LogP contribution in [0.4, 0.5) is 4.39 Å². The number of hydrogen-bond acceptors (Lipinski definition) is 4. The van der Waals surface area contributed by atoms with Gasteiger partial charge in [-0.3, -0.25) is 10.2 Å². The average molecular weight is 369 g/mol. The Morgan fingerprint density at radius 3 is 2.44 bits per heavy atom. The van der Waals surface area contributed by atoms with Gasteiger partial charge in [0.2, 0.25) is 5.91 Å². The van der Waals surface area contributed by atoms with E-state index in [0.717, 1.165) is 39.0 Å². The zero-order chi connectivity index (χ0) is 16.5. The van der Waals surface area contributed by atoms with Crippen molar-refractivity contribution >= 4 is 18.3 Å². The molecule has 3 aliphatic rings. The maximum atomic E-state index is 14.1. The minimum absolute atomic E-state index is 0. The first-order chi connectivity index (χ1) is 11.7. The Bertz CT molecular complexity index is 602. The van der Waals surface area contributed by atoms with Gasteiger partial charge in [0.15, 0.2) is 0 Å². The Morgan fingerprint density at radius 2 is 1.76 bits per heavy atom. The van der Waals surface area contributed by atoms with Gasteiger partial charge in [-0.25, -0.2) is 9.82 Å². The number of hydrazine groups is 1. The highest BCUT2D eigenvalue weighted by Gasteiger charge is 2.39. The highest BCUT2D eigenvalue weighted by molar-refractivity contribution is 5.85. The highest BCUT2D eigenvalue weighted by atomic mass is 35.5. The first-order valence-electron chi connectivity index (χ1n) is 8.96. The van der Waals surface area contributed by atoms with Crippen molar-refractivity contribution < 1.29 is 9.18 Å². The topological polar surface area (TPSA) is 56.4 Å². The molecule has 3 heterocycles. The van der Waals surface area contributed by atoms with Crippen LogP contribution in [0.5, 0.6) is 0 Å². The number of nitrogens with zero attached hydrogens (tertiary/aromatic N) is 1. The lowest BCUT2D eigenvalue weighted by atomic mass is 9.92. The second-order valence-electron chi connectivity index (χ2n) is 7.21. The van der Waals surface area contributed by atoms with Crippen LogP contribution in [-0.2, 0) is 4.79 Å². The summed E-state index contributed by atoms with van der Waals surface area (Å²) < 4.78 is 14.1. The normalized spacial score (nSPS) is 32.0. The van der Waals surface area contributed by atoms with E-state index in [9.17, 15) is 9.18 Å². The average Bonchev–Trinajstić information content (AvgIpc) is 3.20. The number of benzene rings is 1. The molecule has 25 heavy (non-hydrogen) atoms. The van der Waals surface area contributed by atoms with E-state index in [0.29, 0.717) is 23.9 Å². The molecule has 0 saturated carbocycles. The van der Waals surface area contributed by atoms with E-state index in [1.54, 1.807) is 12.1 Å². The lowest BCUT2D eigenvalue weighted by Gasteiger charge is -2.27. The summed E-state index contributed by atoms with van der Waals surface area (Å²) in [5.41, 5.74) is 6.71. The molecule has 1 aromatic rings. The number of rotatable bonds is 2. The van der Waals surface area contributed by atoms with Gasteiger partial charge in [-0.15, -0.1) is 12.4 Å². The van der Waals surface area contributed by atoms with Gasteiger partial charge in [0.1, 0.15) is 5.82 Å². The molecule has 3 saturated heterocycles. The maximum Gasteiger partial charge on any atom is 0.229 e. The van der Waals surface area contributed by atoms with Crippen LogP contribution < -0.4 is 16.2 Å². The van der Waals surface area contributed by atoms with Crippen LogP contribution in [0.1, 0.15) is 24.4 Å². The Hall–Kier alpha value is -1.21. The second-order valence-corrected chi connectivity index (χ2v) is 7.21. The molecule has 3 N–H and O–H groups in total.